The highest BCUT2D eigenvalue weighted by Gasteiger charge is 2.54. The fraction of sp³-hybridized carbons (Fsp3) is 1.00. The molecule has 13 heavy (non-hydrogen) atoms. The lowest BCUT2D eigenvalue weighted by Crippen LogP contribution is -2.08. The lowest BCUT2D eigenvalue weighted by Gasteiger charge is -2.15. The zero-order valence-electron chi connectivity index (χ0n) is 9.59. The van der Waals surface area contributed by atoms with E-state index in [0.29, 0.717) is 0 Å². The van der Waals surface area contributed by atoms with Crippen molar-refractivity contribution in [3.8, 4) is 0 Å². The summed E-state index contributed by atoms with van der Waals surface area (Å²) in [5.74, 6) is 6.25. The zero-order valence-corrected chi connectivity index (χ0v) is 9.59. The Balaban J connectivity index is 1.92. The summed E-state index contributed by atoms with van der Waals surface area (Å²) >= 11 is 0. The molecule has 2 saturated carbocycles. The fourth-order valence-corrected chi connectivity index (χ4v) is 3.50. The van der Waals surface area contributed by atoms with E-state index in [2.05, 4.69) is 27.7 Å². The van der Waals surface area contributed by atoms with Gasteiger partial charge in [-0.1, -0.05) is 34.1 Å². The van der Waals surface area contributed by atoms with Crippen molar-refractivity contribution in [3.63, 3.8) is 0 Å². The molecule has 2 aliphatic carbocycles. The molecule has 0 bridgehead atoms. The molecule has 0 radical (unpaired) electrons. The average Bonchev–Trinajstić information content (AvgIpc) is 2.75. The maximum Gasteiger partial charge on any atom is -0.0324 e. The van der Waals surface area contributed by atoms with Gasteiger partial charge in [0.1, 0.15) is 0 Å². The van der Waals surface area contributed by atoms with Gasteiger partial charge in [-0.2, -0.15) is 0 Å². The van der Waals surface area contributed by atoms with Crippen molar-refractivity contribution >= 4 is 0 Å². The Hall–Kier alpha value is 0. The smallest absolute Gasteiger partial charge is 0.0324 e. The molecule has 0 amide bonds. The third-order valence-electron chi connectivity index (χ3n) is 4.72. The van der Waals surface area contributed by atoms with Crippen LogP contribution >= 0.6 is 0 Å². The quantitative estimate of drug-likeness (QED) is 0.603. The first-order chi connectivity index (χ1) is 6.11. The normalized spacial score (nSPS) is 45.9. The molecule has 0 spiro atoms. The van der Waals surface area contributed by atoms with Gasteiger partial charge in [-0.05, 0) is 48.3 Å². The van der Waals surface area contributed by atoms with E-state index in [9.17, 15) is 0 Å². The molecular weight excluding hydrogens is 156 g/mol. The summed E-state index contributed by atoms with van der Waals surface area (Å²) in [4.78, 5) is 0. The largest absolute Gasteiger partial charge is 0.0625 e. The van der Waals surface area contributed by atoms with Crippen molar-refractivity contribution in [3.05, 3.63) is 0 Å². The van der Waals surface area contributed by atoms with Crippen LogP contribution in [0.25, 0.3) is 0 Å². The molecule has 0 aliphatic heterocycles. The third-order valence-corrected chi connectivity index (χ3v) is 4.72. The second-order valence-electron chi connectivity index (χ2n) is 5.93. The summed E-state index contributed by atoms with van der Waals surface area (Å²) in [6.07, 6.45) is 4.57. The van der Waals surface area contributed by atoms with E-state index in [1.807, 2.05) is 0 Å². The maximum atomic E-state index is 2.47. The molecule has 5 atom stereocenters. The van der Waals surface area contributed by atoms with E-state index >= 15 is 0 Å². The number of fused-ring (bicyclic) bond motifs is 1. The first kappa shape index (κ1) is 9.55. The van der Waals surface area contributed by atoms with Gasteiger partial charge < -0.3 is 0 Å². The van der Waals surface area contributed by atoms with Crippen molar-refractivity contribution < 1.29 is 0 Å². The van der Waals surface area contributed by atoms with Crippen LogP contribution in [-0.2, 0) is 0 Å². The molecule has 0 nitrogen and oxygen atoms in total. The van der Waals surface area contributed by atoms with Crippen molar-refractivity contribution in [1.82, 2.24) is 0 Å². The van der Waals surface area contributed by atoms with Gasteiger partial charge in [0, 0.05) is 0 Å². The summed E-state index contributed by atoms with van der Waals surface area (Å²) in [5, 5.41) is 0. The molecule has 76 valence electrons. The molecule has 0 aromatic heterocycles. The van der Waals surface area contributed by atoms with Crippen LogP contribution in [-0.4, -0.2) is 0 Å². The Morgan fingerprint density at radius 2 is 1.69 bits per heavy atom. The Morgan fingerprint density at radius 1 is 1.00 bits per heavy atom. The van der Waals surface area contributed by atoms with Crippen LogP contribution in [0.1, 0.15) is 47.0 Å². The molecule has 0 N–H and O–H groups in total. The van der Waals surface area contributed by atoms with E-state index in [0.717, 1.165) is 35.5 Å². The minimum absolute atomic E-state index is 0.894. The van der Waals surface area contributed by atoms with Gasteiger partial charge in [0.05, 0.1) is 0 Å². The molecule has 2 fully saturated rings. The lowest BCUT2D eigenvalue weighted by molar-refractivity contribution is 0.342. The van der Waals surface area contributed by atoms with Gasteiger partial charge in [0.25, 0.3) is 0 Å². The third kappa shape index (κ3) is 1.65. The second-order valence-corrected chi connectivity index (χ2v) is 5.93. The lowest BCUT2D eigenvalue weighted by atomic mass is 9.90. The molecule has 0 saturated heterocycles. The standard InChI is InChI=1S/C13H24/c1-8(2)10(4)13-11-6-5-9(3)7-12(11)13/h8-13H,5-7H2,1-4H3. The highest BCUT2D eigenvalue weighted by Crippen LogP contribution is 2.60. The minimum Gasteiger partial charge on any atom is -0.0625 e. The highest BCUT2D eigenvalue weighted by molar-refractivity contribution is 5.02. The van der Waals surface area contributed by atoms with Crippen LogP contribution in [0, 0.1) is 35.5 Å². The molecule has 2 rings (SSSR count). The molecule has 0 heterocycles. The number of hydrogen-bond acceptors (Lipinski definition) is 0. The topological polar surface area (TPSA) is 0 Å². The molecule has 0 heteroatoms. The van der Waals surface area contributed by atoms with Crippen molar-refractivity contribution in [2.24, 2.45) is 35.5 Å². The summed E-state index contributed by atoms with van der Waals surface area (Å²) in [7, 11) is 0. The average molecular weight is 180 g/mol. The van der Waals surface area contributed by atoms with Crippen LogP contribution in [0.15, 0.2) is 0 Å². The summed E-state index contributed by atoms with van der Waals surface area (Å²) < 4.78 is 0. The van der Waals surface area contributed by atoms with E-state index in [4.69, 9.17) is 0 Å². The van der Waals surface area contributed by atoms with Crippen molar-refractivity contribution in [2.45, 2.75) is 47.0 Å². The summed E-state index contributed by atoms with van der Waals surface area (Å²) in [6.45, 7) is 9.68. The molecule has 5 unspecified atom stereocenters. The predicted octanol–water partition coefficient (Wildman–Crippen LogP) is 3.96. The first-order valence-corrected chi connectivity index (χ1v) is 6.11. The Bertz CT molecular complexity index is 182. The highest BCUT2D eigenvalue weighted by atomic mass is 14.6. The Morgan fingerprint density at radius 3 is 2.23 bits per heavy atom. The van der Waals surface area contributed by atoms with Crippen LogP contribution < -0.4 is 0 Å². The summed E-state index contributed by atoms with van der Waals surface area (Å²) in [5.41, 5.74) is 0. The maximum absolute atomic E-state index is 2.47. The SMILES string of the molecule is CC1CCC2C(C1)C2C(C)C(C)C. The molecule has 0 aromatic rings. The van der Waals surface area contributed by atoms with Crippen LogP contribution in [0.2, 0.25) is 0 Å². The van der Waals surface area contributed by atoms with Gasteiger partial charge in [-0.25, -0.2) is 0 Å². The van der Waals surface area contributed by atoms with Crippen LogP contribution in [0.3, 0.4) is 0 Å². The Labute approximate surface area is 83.1 Å². The van der Waals surface area contributed by atoms with Gasteiger partial charge in [-0.15, -0.1) is 0 Å². The van der Waals surface area contributed by atoms with E-state index < -0.39 is 0 Å². The summed E-state index contributed by atoms with van der Waals surface area (Å²) in [6, 6.07) is 0. The van der Waals surface area contributed by atoms with Gasteiger partial charge >= 0.3 is 0 Å². The van der Waals surface area contributed by atoms with Crippen LogP contribution in [0.5, 0.6) is 0 Å². The van der Waals surface area contributed by atoms with E-state index in [-0.39, 0.29) is 0 Å². The van der Waals surface area contributed by atoms with Crippen molar-refractivity contribution in [1.29, 1.82) is 0 Å². The number of rotatable bonds is 2. The van der Waals surface area contributed by atoms with Gasteiger partial charge in [0.15, 0.2) is 0 Å². The zero-order chi connectivity index (χ0) is 9.59. The van der Waals surface area contributed by atoms with E-state index in [1.54, 1.807) is 0 Å². The molecule has 2 aliphatic rings. The molecule has 0 aromatic carbocycles. The Kier molecular flexibility index (Phi) is 2.42. The number of hydrogen-bond donors (Lipinski definition) is 0. The second kappa shape index (κ2) is 3.29. The monoisotopic (exact) mass is 180 g/mol. The van der Waals surface area contributed by atoms with Gasteiger partial charge in [-0.3, -0.25) is 0 Å². The van der Waals surface area contributed by atoms with Gasteiger partial charge in [0.2, 0.25) is 0 Å². The fourth-order valence-electron chi connectivity index (χ4n) is 3.50. The minimum atomic E-state index is 0.894. The van der Waals surface area contributed by atoms with E-state index in [1.165, 1.54) is 19.3 Å². The van der Waals surface area contributed by atoms with Crippen LogP contribution in [0.4, 0.5) is 0 Å². The van der Waals surface area contributed by atoms with Crippen molar-refractivity contribution in [2.75, 3.05) is 0 Å². The predicted molar refractivity (Wildman–Crippen MR) is 57.5 cm³/mol. The molecular formula is C13H24. The first-order valence-electron chi connectivity index (χ1n) is 6.11.